The number of rotatable bonds is 5. The first kappa shape index (κ1) is 20.2. The van der Waals surface area contributed by atoms with Crippen LogP contribution in [-0.2, 0) is 11.3 Å². The van der Waals surface area contributed by atoms with E-state index in [1.54, 1.807) is 6.26 Å². The Balaban J connectivity index is 1.42. The van der Waals surface area contributed by atoms with Gasteiger partial charge < -0.3 is 14.6 Å². The summed E-state index contributed by atoms with van der Waals surface area (Å²) in [5.41, 5.74) is 3.72. The molecule has 1 atom stereocenters. The molecule has 1 amide bonds. The smallest absolute Gasteiger partial charge is 0.225 e. The number of amides is 1. The van der Waals surface area contributed by atoms with E-state index in [4.69, 9.17) is 9.52 Å². The number of aryl methyl sites for hydroxylation is 2. The van der Waals surface area contributed by atoms with Crippen molar-refractivity contribution in [1.82, 2.24) is 25.3 Å². The average molecular weight is 431 g/mol. The van der Waals surface area contributed by atoms with Crippen LogP contribution in [0.3, 0.4) is 0 Å². The van der Waals surface area contributed by atoms with E-state index in [0.717, 1.165) is 58.9 Å². The summed E-state index contributed by atoms with van der Waals surface area (Å²) in [6, 6.07) is 13.7. The van der Waals surface area contributed by atoms with Crippen LogP contribution in [0.5, 0.6) is 0 Å². The van der Waals surface area contributed by atoms with Gasteiger partial charge in [-0.25, -0.2) is 4.68 Å². The molecule has 0 spiro atoms. The number of hydrogen-bond donors (Lipinski definition) is 1. The average Bonchev–Trinajstić information content (AvgIpc) is 3.47. The number of carbonyl (C=O) groups is 1. The molecule has 1 fully saturated rings. The molecule has 8 nitrogen and oxygen atoms in total. The second kappa shape index (κ2) is 8.45. The number of nitrogens with one attached hydrogen (secondary N) is 1. The van der Waals surface area contributed by atoms with Gasteiger partial charge in [0.2, 0.25) is 5.91 Å². The fourth-order valence-electron chi connectivity index (χ4n) is 4.46. The minimum Gasteiger partial charge on any atom is -0.467 e. The molecule has 1 saturated heterocycles. The maximum Gasteiger partial charge on any atom is 0.225 e. The van der Waals surface area contributed by atoms with Gasteiger partial charge >= 0.3 is 0 Å². The van der Waals surface area contributed by atoms with Gasteiger partial charge in [0.1, 0.15) is 11.3 Å². The number of furan rings is 1. The van der Waals surface area contributed by atoms with E-state index in [-0.39, 0.29) is 11.8 Å². The van der Waals surface area contributed by atoms with Crippen molar-refractivity contribution in [2.45, 2.75) is 33.2 Å². The molecule has 4 heterocycles. The van der Waals surface area contributed by atoms with E-state index in [1.807, 2.05) is 54.1 Å². The standard InChI is InChI=1S/C24H26N6O2/c1-16-21-17(2)30(19-9-4-3-5-10-19)28-22(21)23(27-26-16)29-12-6-8-18(15-29)24(31)25-14-20-11-7-13-32-20/h3-5,7,9-11,13,18H,6,8,12,14-15H2,1-2H3,(H,25,31)/t18-/m0/s1. The zero-order chi connectivity index (χ0) is 22.1. The predicted molar refractivity (Wildman–Crippen MR) is 122 cm³/mol. The zero-order valence-electron chi connectivity index (χ0n) is 18.3. The Morgan fingerprint density at radius 2 is 2.00 bits per heavy atom. The summed E-state index contributed by atoms with van der Waals surface area (Å²) in [5.74, 6) is 1.41. The van der Waals surface area contributed by atoms with Crippen LogP contribution in [0, 0.1) is 19.8 Å². The van der Waals surface area contributed by atoms with Gasteiger partial charge in [0.15, 0.2) is 5.82 Å². The summed E-state index contributed by atoms with van der Waals surface area (Å²) in [6.45, 7) is 5.84. The maximum absolute atomic E-state index is 12.8. The molecule has 4 aromatic rings. The molecule has 0 aliphatic carbocycles. The third kappa shape index (κ3) is 3.72. The second-order valence-electron chi connectivity index (χ2n) is 8.25. The summed E-state index contributed by atoms with van der Waals surface area (Å²) in [4.78, 5) is 14.9. The summed E-state index contributed by atoms with van der Waals surface area (Å²) < 4.78 is 7.26. The van der Waals surface area contributed by atoms with Crippen LogP contribution in [0.15, 0.2) is 53.1 Å². The van der Waals surface area contributed by atoms with Gasteiger partial charge in [-0.2, -0.15) is 10.2 Å². The van der Waals surface area contributed by atoms with E-state index in [9.17, 15) is 4.79 Å². The molecule has 1 N–H and O–H groups in total. The van der Waals surface area contributed by atoms with Crippen molar-refractivity contribution in [3.63, 3.8) is 0 Å². The lowest BCUT2D eigenvalue weighted by Gasteiger charge is -2.32. The molecule has 0 radical (unpaired) electrons. The molecule has 164 valence electrons. The van der Waals surface area contributed by atoms with Gasteiger partial charge in [0.05, 0.1) is 41.2 Å². The topological polar surface area (TPSA) is 89.1 Å². The zero-order valence-corrected chi connectivity index (χ0v) is 18.3. The maximum atomic E-state index is 12.8. The Bertz CT molecular complexity index is 1230. The summed E-state index contributed by atoms with van der Waals surface area (Å²) >= 11 is 0. The van der Waals surface area contributed by atoms with Gasteiger partial charge in [-0.15, -0.1) is 5.10 Å². The fraction of sp³-hybridized carbons (Fsp3) is 0.333. The van der Waals surface area contributed by atoms with Crippen molar-refractivity contribution in [2.75, 3.05) is 18.0 Å². The Morgan fingerprint density at radius 1 is 1.16 bits per heavy atom. The summed E-state index contributed by atoms with van der Waals surface area (Å²) in [6.07, 6.45) is 3.37. The number of aromatic nitrogens is 4. The summed E-state index contributed by atoms with van der Waals surface area (Å²) in [5, 5.41) is 17.9. The highest BCUT2D eigenvalue weighted by Crippen LogP contribution is 2.31. The molecular formula is C24H26N6O2. The molecule has 1 aliphatic rings. The quantitative estimate of drug-likeness (QED) is 0.521. The third-order valence-corrected chi connectivity index (χ3v) is 6.09. The van der Waals surface area contributed by atoms with Crippen LogP contribution in [0.4, 0.5) is 5.82 Å². The number of para-hydroxylation sites is 1. The Hall–Kier alpha value is -3.68. The second-order valence-corrected chi connectivity index (χ2v) is 8.25. The number of fused-ring (bicyclic) bond motifs is 1. The number of anilines is 1. The van der Waals surface area contributed by atoms with Crippen LogP contribution in [0.1, 0.15) is 30.0 Å². The number of hydrogen-bond acceptors (Lipinski definition) is 6. The van der Waals surface area contributed by atoms with Crippen LogP contribution in [-0.4, -0.2) is 39.0 Å². The van der Waals surface area contributed by atoms with Crippen LogP contribution >= 0.6 is 0 Å². The van der Waals surface area contributed by atoms with Crippen LogP contribution < -0.4 is 10.2 Å². The predicted octanol–water partition coefficient (Wildman–Crippen LogP) is 3.56. The molecule has 0 unspecified atom stereocenters. The normalized spacial score (nSPS) is 16.4. The highest BCUT2D eigenvalue weighted by Gasteiger charge is 2.29. The van der Waals surface area contributed by atoms with Crippen molar-refractivity contribution in [1.29, 1.82) is 0 Å². The minimum atomic E-state index is -0.117. The number of piperidine rings is 1. The summed E-state index contributed by atoms with van der Waals surface area (Å²) in [7, 11) is 0. The molecule has 1 aromatic carbocycles. The molecule has 8 heteroatoms. The number of carbonyl (C=O) groups excluding carboxylic acids is 1. The third-order valence-electron chi connectivity index (χ3n) is 6.09. The molecule has 0 bridgehead atoms. The van der Waals surface area contributed by atoms with E-state index in [1.165, 1.54) is 0 Å². The van der Waals surface area contributed by atoms with Gasteiger partial charge in [-0.3, -0.25) is 4.79 Å². The van der Waals surface area contributed by atoms with Crippen LogP contribution in [0.25, 0.3) is 16.6 Å². The van der Waals surface area contributed by atoms with Gasteiger partial charge in [0, 0.05) is 13.1 Å². The van der Waals surface area contributed by atoms with Gasteiger partial charge in [-0.1, -0.05) is 18.2 Å². The molecule has 32 heavy (non-hydrogen) atoms. The van der Waals surface area contributed by atoms with E-state index in [2.05, 4.69) is 27.3 Å². The van der Waals surface area contributed by atoms with Crippen molar-refractivity contribution in [3.8, 4) is 5.69 Å². The van der Waals surface area contributed by atoms with Gasteiger partial charge in [-0.05, 0) is 51.0 Å². The molecule has 1 aliphatic heterocycles. The van der Waals surface area contributed by atoms with Crippen LogP contribution in [0.2, 0.25) is 0 Å². The highest BCUT2D eigenvalue weighted by molar-refractivity contribution is 5.92. The lowest BCUT2D eigenvalue weighted by molar-refractivity contribution is -0.125. The SMILES string of the molecule is Cc1nnc(N2CCC[C@H](C(=O)NCc3ccco3)C2)c2nn(-c3ccccc3)c(C)c12. The highest BCUT2D eigenvalue weighted by atomic mass is 16.3. The Kier molecular flexibility index (Phi) is 5.34. The van der Waals surface area contributed by atoms with Crippen molar-refractivity contribution in [3.05, 3.63) is 65.9 Å². The minimum absolute atomic E-state index is 0.0356. The van der Waals surface area contributed by atoms with Gasteiger partial charge in [0.25, 0.3) is 0 Å². The fourth-order valence-corrected chi connectivity index (χ4v) is 4.46. The Labute approximate surface area is 186 Å². The Morgan fingerprint density at radius 3 is 2.78 bits per heavy atom. The molecule has 0 saturated carbocycles. The van der Waals surface area contributed by atoms with Crippen molar-refractivity contribution in [2.24, 2.45) is 5.92 Å². The molecule has 5 rings (SSSR count). The van der Waals surface area contributed by atoms with Crippen molar-refractivity contribution < 1.29 is 9.21 Å². The lowest BCUT2D eigenvalue weighted by atomic mass is 9.97. The van der Waals surface area contributed by atoms with E-state index >= 15 is 0 Å². The van der Waals surface area contributed by atoms with E-state index < -0.39 is 0 Å². The first-order valence-electron chi connectivity index (χ1n) is 10.9. The molecule has 3 aromatic heterocycles. The molecular weight excluding hydrogens is 404 g/mol. The first-order chi connectivity index (χ1) is 15.6. The number of benzene rings is 1. The number of nitrogens with zero attached hydrogens (tertiary/aromatic N) is 5. The van der Waals surface area contributed by atoms with E-state index in [0.29, 0.717) is 13.1 Å². The first-order valence-corrected chi connectivity index (χ1v) is 10.9. The van der Waals surface area contributed by atoms with Crippen molar-refractivity contribution >= 4 is 22.6 Å². The largest absolute Gasteiger partial charge is 0.467 e. The monoisotopic (exact) mass is 430 g/mol. The lowest BCUT2D eigenvalue weighted by Crippen LogP contribution is -2.43.